The third kappa shape index (κ3) is 2.83. The number of benzene rings is 2. The maximum Gasteiger partial charge on any atom is 0.272 e. The fraction of sp³-hybridized carbons (Fsp3) is 0.250. The van der Waals surface area contributed by atoms with Crippen LogP contribution in [0.2, 0.25) is 0 Å². The van der Waals surface area contributed by atoms with Crippen molar-refractivity contribution in [2.45, 2.75) is 19.1 Å². The topological polar surface area (TPSA) is 80.8 Å². The van der Waals surface area contributed by atoms with Crippen LogP contribution in [0.3, 0.4) is 0 Å². The zero-order valence-electron chi connectivity index (χ0n) is 20.8. The van der Waals surface area contributed by atoms with Gasteiger partial charge in [-0.15, -0.1) is 11.3 Å². The summed E-state index contributed by atoms with van der Waals surface area (Å²) in [4.78, 5) is 37.9. The molecule has 3 aliphatic rings. The van der Waals surface area contributed by atoms with Gasteiger partial charge in [-0.05, 0) is 54.7 Å². The number of amides is 2. The van der Waals surface area contributed by atoms with Gasteiger partial charge < -0.3 is 20.4 Å². The fourth-order valence-electron chi connectivity index (χ4n) is 6.14. The first-order chi connectivity index (χ1) is 17.9. The summed E-state index contributed by atoms with van der Waals surface area (Å²) in [5.41, 5.74) is 6.85. The monoisotopic (exact) mass is 510 g/mol. The van der Waals surface area contributed by atoms with Crippen molar-refractivity contribution < 1.29 is 9.59 Å². The molecule has 0 radical (unpaired) electrons. The van der Waals surface area contributed by atoms with Crippen LogP contribution in [0.15, 0.2) is 54.0 Å². The van der Waals surface area contributed by atoms with Gasteiger partial charge in [-0.3, -0.25) is 19.5 Å². The third-order valence-corrected chi connectivity index (χ3v) is 9.06. The number of pyridine rings is 1. The molecule has 2 aromatic carbocycles. The molecule has 8 nitrogen and oxygen atoms in total. The first-order valence-corrected chi connectivity index (χ1v) is 13.2. The molecule has 9 heteroatoms. The Morgan fingerprint density at radius 3 is 2.84 bits per heavy atom. The van der Waals surface area contributed by atoms with Gasteiger partial charge in [0.1, 0.15) is 4.88 Å². The van der Waals surface area contributed by atoms with E-state index >= 15 is 0 Å². The predicted octanol–water partition coefficient (Wildman–Crippen LogP) is 4.36. The molecule has 3 aliphatic heterocycles. The van der Waals surface area contributed by atoms with E-state index in [1.165, 1.54) is 11.3 Å². The maximum atomic E-state index is 13.6. The zero-order chi connectivity index (χ0) is 25.5. The van der Waals surface area contributed by atoms with Gasteiger partial charge in [0.25, 0.3) is 11.8 Å². The fourth-order valence-corrected chi connectivity index (χ4v) is 7.06. The molecule has 2 N–H and O–H groups in total. The molecule has 0 bridgehead atoms. The molecule has 37 heavy (non-hydrogen) atoms. The molecule has 1 spiro atoms. The minimum atomic E-state index is -0.723. The van der Waals surface area contributed by atoms with Crippen LogP contribution in [0.4, 0.5) is 22.7 Å². The van der Waals surface area contributed by atoms with E-state index < -0.39 is 5.66 Å². The van der Waals surface area contributed by atoms with Gasteiger partial charge >= 0.3 is 0 Å². The van der Waals surface area contributed by atoms with Gasteiger partial charge in [-0.25, -0.2) is 0 Å². The number of carbonyl (C=O) groups excluding carboxylic acids is 2. The lowest BCUT2D eigenvalue weighted by Gasteiger charge is -2.49. The second kappa shape index (κ2) is 7.77. The molecule has 7 rings (SSSR count). The number of nitrogens with one attached hydrogen (secondary N) is 2. The van der Waals surface area contributed by atoms with Crippen molar-refractivity contribution in [2.75, 3.05) is 47.6 Å². The lowest BCUT2D eigenvalue weighted by atomic mass is 9.86. The van der Waals surface area contributed by atoms with Crippen molar-refractivity contribution in [3.63, 3.8) is 0 Å². The smallest absolute Gasteiger partial charge is 0.272 e. The number of para-hydroxylation sites is 1. The van der Waals surface area contributed by atoms with E-state index in [-0.39, 0.29) is 11.8 Å². The van der Waals surface area contributed by atoms with Crippen molar-refractivity contribution in [2.24, 2.45) is 0 Å². The number of hydrogen-bond acceptors (Lipinski definition) is 7. The summed E-state index contributed by atoms with van der Waals surface area (Å²) < 4.78 is 0. The highest BCUT2D eigenvalue weighted by Crippen LogP contribution is 2.63. The number of aryl methyl sites for hydroxylation is 1. The number of rotatable bonds is 5. The van der Waals surface area contributed by atoms with Crippen LogP contribution in [0.25, 0.3) is 10.9 Å². The molecule has 1 saturated heterocycles. The van der Waals surface area contributed by atoms with E-state index in [1.54, 1.807) is 4.90 Å². The maximum absolute atomic E-state index is 13.6. The number of carbonyl (C=O) groups is 2. The van der Waals surface area contributed by atoms with E-state index in [1.807, 2.05) is 69.0 Å². The molecule has 0 saturated carbocycles. The summed E-state index contributed by atoms with van der Waals surface area (Å²) >= 11 is 1.43. The van der Waals surface area contributed by atoms with Crippen LogP contribution in [-0.4, -0.2) is 48.9 Å². The summed E-state index contributed by atoms with van der Waals surface area (Å²) in [5, 5.41) is 9.77. The number of aromatic nitrogens is 1. The zero-order valence-corrected chi connectivity index (χ0v) is 21.6. The van der Waals surface area contributed by atoms with Gasteiger partial charge in [0.15, 0.2) is 0 Å². The van der Waals surface area contributed by atoms with Crippen molar-refractivity contribution in [3.05, 3.63) is 75.6 Å². The molecule has 2 amide bonds. The van der Waals surface area contributed by atoms with Gasteiger partial charge in [0.05, 0.1) is 33.8 Å². The SMILES string of the molecule is Cc1csc(C(=O)Nc2ccc3c4c2N2CCN(C)C42C(=O)N3C)c1NCc1ccnc2ccccc12. The Kier molecular flexibility index (Phi) is 4.68. The molecule has 0 aliphatic carbocycles. The normalized spacial score (nSPS) is 19.7. The van der Waals surface area contributed by atoms with Crippen molar-refractivity contribution in [3.8, 4) is 0 Å². The Morgan fingerprint density at radius 2 is 1.97 bits per heavy atom. The lowest BCUT2D eigenvalue weighted by Crippen LogP contribution is -2.61. The van der Waals surface area contributed by atoms with E-state index in [2.05, 4.69) is 31.5 Å². The standard InChI is InChI=1S/C28H26N6O2S/c1-16-15-37-25(23(16)30-14-17-10-11-29-19-7-5-4-6-18(17)19)26(35)31-20-8-9-21-22-24(20)34-13-12-32(2)28(22,34)27(36)33(21)3/h4-11,15,30H,12-14H2,1-3H3,(H,31,35). The molecule has 1 fully saturated rings. The highest BCUT2D eigenvalue weighted by Gasteiger charge is 2.68. The molecule has 186 valence electrons. The minimum absolute atomic E-state index is 0.0717. The lowest BCUT2D eigenvalue weighted by molar-refractivity contribution is -0.128. The molecule has 4 aromatic rings. The van der Waals surface area contributed by atoms with Crippen molar-refractivity contribution in [1.29, 1.82) is 0 Å². The largest absolute Gasteiger partial charge is 0.379 e. The van der Waals surface area contributed by atoms with Crippen molar-refractivity contribution in [1.82, 2.24) is 9.88 Å². The van der Waals surface area contributed by atoms with Gasteiger partial charge in [0.2, 0.25) is 5.66 Å². The van der Waals surface area contributed by atoms with Crippen molar-refractivity contribution >= 4 is 56.8 Å². The second-order valence-electron chi connectivity index (χ2n) is 9.88. The Morgan fingerprint density at radius 1 is 1.14 bits per heavy atom. The number of thiophene rings is 1. The van der Waals surface area contributed by atoms with Gasteiger partial charge in [-0.1, -0.05) is 18.2 Å². The summed E-state index contributed by atoms with van der Waals surface area (Å²) in [5.74, 6) is -0.0819. The summed E-state index contributed by atoms with van der Waals surface area (Å²) in [6.07, 6.45) is 1.82. The average Bonchev–Trinajstić information content (AvgIpc) is 3.47. The quantitative estimate of drug-likeness (QED) is 0.415. The Bertz CT molecular complexity index is 1630. The predicted molar refractivity (Wildman–Crippen MR) is 148 cm³/mol. The second-order valence-corrected chi connectivity index (χ2v) is 10.8. The molecule has 5 heterocycles. The van der Waals surface area contributed by atoms with Crippen LogP contribution in [-0.2, 0) is 17.0 Å². The van der Waals surface area contributed by atoms with Gasteiger partial charge in [-0.2, -0.15) is 0 Å². The number of nitrogens with zero attached hydrogens (tertiary/aromatic N) is 4. The molecular weight excluding hydrogens is 484 g/mol. The van der Waals surface area contributed by atoms with Crippen LogP contribution in [0, 0.1) is 6.92 Å². The highest BCUT2D eigenvalue weighted by molar-refractivity contribution is 7.13. The van der Waals surface area contributed by atoms with E-state index in [0.29, 0.717) is 11.4 Å². The van der Waals surface area contributed by atoms with E-state index in [9.17, 15) is 9.59 Å². The summed E-state index contributed by atoms with van der Waals surface area (Å²) in [6, 6.07) is 13.9. The summed E-state index contributed by atoms with van der Waals surface area (Å²) in [6.45, 7) is 4.14. The Balaban J connectivity index is 1.18. The minimum Gasteiger partial charge on any atom is -0.379 e. The number of anilines is 4. The molecular formula is C28H26N6O2S. The third-order valence-electron chi connectivity index (χ3n) is 7.97. The van der Waals surface area contributed by atoms with Crippen LogP contribution >= 0.6 is 11.3 Å². The van der Waals surface area contributed by atoms with Crippen LogP contribution in [0.5, 0.6) is 0 Å². The highest BCUT2D eigenvalue weighted by atomic mass is 32.1. The van der Waals surface area contributed by atoms with Crippen LogP contribution < -0.4 is 20.4 Å². The van der Waals surface area contributed by atoms with E-state index in [4.69, 9.17) is 0 Å². The molecule has 2 aromatic heterocycles. The summed E-state index contributed by atoms with van der Waals surface area (Å²) in [7, 11) is 3.82. The van der Waals surface area contributed by atoms with Crippen LogP contribution in [0.1, 0.15) is 26.4 Å². The first-order valence-electron chi connectivity index (χ1n) is 12.3. The number of hydrogen-bond donors (Lipinski definition) is 2. The molecule has 1 atom stereocenters. The first kappa shape index (κ1) is 22.3. The number of likely N-dealkylation sites (N-methyl/N-ethyl adjacent to an activating group) is 2. The molecule has 1 unspecified atom stereocenters. The average molecular weight is 511 g/mol. The number of fused-ring (bicyclic) bond motifs is 2. The van der Waals surface area contributed by atoms with Gasteiger partial charge in [0, 0.05) is 38.3 Å². The van der Waals surface area contributed by atoms with E-state index in [0.717, 1.165) is 63.4 Å². The Labute approximate surface area is 218 Å². The Hall–Kier alpha value is -3.95.